The first-order valence-corrected chi connectivity index (χ1v) is 10.3. The van der Waals surface area contributed by atoms with Crippen LogP contribution in [0.3, 0.4) is 0 Å². The molecular weight excluding hydrogens is 423 g/mol. The Morgan fingerprint density at radius 1 is 1.09 bits per heavy atom. The van der Waals surface area contributed by atoms with E-state index in [0.717, 1.165) is 11.8 Å². The maximum absolute atomic E-state index is 13.0. The van der Waals surface area contributed by atoms with Gasteiger partial charge in [-0.15, -0.1) is 0 Å². The average Bonchev–Trinajstić information content (AvgIpc) is 3.08. The summed E-state index contributed by atoms with van der Waals surface area (Å²) in [7, 11) is 0. The molecule has 0 spiro atoms. The van der Waals surface area contributed by atoms with E-state index in [1.165, 1.54) is 12.4 Å². The van der Waals surface area contributed by atoms with E-state index in [9.17, 15) is 18.0 Å². The molecule has 1 atom stereocenters. The first-order chi connectivity index (χ1) is 15.4. The molecule has 1 fully saturated rings. The molecule has 3 aromatic rings. The van der Waals surface area contributed by atoms with Crippen LogP contribution in [-0.2, 0) is 10.9 Å². The monoisotopic (exact) mass is 445 g/mol. The van der Waals surface area contributed by atoms with Crippen molar-refractivity contribution in [2.45, 2.75) is 18.6 Å². The van der Waals surface area contributed by atoms with Gasteiger partial charge in [0.1, 0.15) is 0 Å². The lowest BCUT2D eigenvalue weighted by Crippen LogP contribution is -2.39. The first kappa shape index (κ1) is 22.1. The molecule has 1 amide bonds. The van der Waals surface area contributed by atoms with E-state index < -0.39 is 18.0 Å². The smallest absolute Gasteiger partial charge is 0.380 e. The minimum Gasteiger partial charge on any atom is -0.380 e. The third kappa shape index (κ3) is 5.03. The number of benzene rings is 1. The molecule has 1 aliphatic rings. The van der Waals surface area contributed by atoms with Crippen LogP contribution >= 0.6 is 0 Å². The molecule has 7 nitrogen and oxygen atoms in total. The fourth-order valence-corrected chi connectivity index (χ4v) is 3.78. The second-order valence-electron chi connectivity index (χ2n) is 7.44. The summed E-state index contributed by atoms with van der Waals surface area (Å²) in [5.41, 5.74) is 1.69. The third-order valence-corrected chi connectivity index (χ3v) is 5.35. The van der Waals surface area contributed by atoms with Gasteiger partial charge in [-0.3, -0.25) is 14.7 Å². The number of rotatable bonds is 5. The summed E-state index contributed by atoms with van der Waals surface area (Å²) in [5.74, 6) is -1.47. The fourth-order valence-electron chi connectivity index (χ4n) is 3.78. The van der Waals surface area contributed by atoms with Gasteiger partial charge in [0, 0.05) is 61.3 Å². The molecule has 0 radical (unpaired) electrons. The third-order valence-electron chi connectivity index (χ3n) is 5.35. The van der Waals surface area contributed by atoms with Crippen molar-refractivity contribution in [3.63, 3.8) is 0 Å². The molecule has 0 saturated carbocycles. The van der Waals surface area contributed by atoms with Crippen molar-refractivity contribution in [1.29, 1.82) is 0 Å². The average molecular weight is 445 g/mol. The number of carbonyl (C=O) groups excluding carboxylic acids is 1. The van der Waals surface area contributed by atoms with Crippen LogP contribution in [0, 0.1) is 0 Å². The van der Waals surface area contributed by atoms with E-state index in [-0.39, 0.29) is 12.5 Å². The maximum atomic E-state index is 13.0. The lowest BCUT2D eigenvalue weighted by atomic mass is 10.1. The number of halogens is 3. The highest BCUT2D eigenvalue weighted by atomic mass is 19.4. The van der Waals surface area contributed by atoms with E-state index in [0.29, 0.717) is 42.9 Å². The van der Waals surface area contributed by atoms with Crippen LogP contribution in [0.15, 0.2) is 48.9 Å². The molecule has 1 aromatic carbocycles. The Morgan fingerprint density at radius 2 is 1.91 bits per heavy atom. The van der Waals surface area contributed by atoms with Gasteiger partial charge in [0.2, 0.25) is 5.82 Å². The highest BCUT2D eigenvalue weighted by molar-refractivity contribution is 6.06. The SMILES string of the molecule is O=C(NCC(c1cnc(C(F)(F)F)nc1)N1CCCOCC1)c1cccc2ncccc12. The molecule has 2 aromatic heterocycles. The van der Waals surface area contributed by atoms with Crippen molar-refractivity contribution in [2.75, 3.05) is 32.8 Å². The summed E-state index contributed by atoms with van der Waals surface area (Å²) in [6.07, 6.45) is 0.189. The number of hydrogen-bond donors (Lipinski definition) is 1. The quantitative estimate of drug-likeness (QED) is 0.650. The van der Waals surface area contributed by atoms with Crippen LogP contribution in [0.25, 0.3) is 10.9 Å². The van der Waals surface area contributed by atoms with Crippen LogP contribution in [0.2, 0.25) is 0 Å². The van der Waals surface area contributed by atoms with Crippen LogP contribution in [0.4, 0.5) is 13.2 Å². The molecular formula is C22H22F3N5O2. The molecule has 3 heterocycles. The van der Waals surface area contributed by atoms with Gasteiger partial charge in [0.15, 0.2) is 0 Å². The van der Waals surface area contributed by atoms with Crippen molar-refractivity contribution in [1.82, 2.24) is 25.2 Å². The molecule has 0 bridgehead atoms. The molecule has 0 aliphatic carbocycles. The minimum atomic E-state index is -4.61. The molecule has 168 valence electrons. The topological polar surface area (TPSA) is 80.2 Å². The predicted octanol–water partition coefficient (Wildman–Crippen LogP) is 3.24. The number of pyridine rings is 1. The number of hydrogen-bond acceptors (Lipinski definition) is 6. The van der Waals surface area contributed by atoms with Crippen LogP contribution < -0.4 is 5.32 Å². The lowest BCUT2D eigenvalue weighted by molar-refractivity contribution is -0.145. The number of nitrogens with zero attached hydrogens (tertiary/aromatic N) is 4. The van der Waals surface area contributed by atoms with Gasteiger partial charge in [-0.25, -0.2) is 9.97 Å². The molecule has 10 heteroatoms. The summed E-state index contributed by atoms with van der Waals surface area (Å²) in [5, 5.41) is 3.65. The van der Waals surface area contributed by atoms with Crippen molar-refractivity contribution >= 4 is 16.8 Å². The summed E-state index contributed by atoms with van der Waals surface area (Å²) < 4.78 is 44.2. The molecule has 1 N–H and O–H groups in total. The Morgan fingerprint density at radius 3 is 2.69 bits per heavy atom. The number of aromatic nitrogens is 3. The number of alkyl halides is 3. The van der Waals surface area contributed by atoms with Crippen LogP contribution in [-0.4, -0.2) is 58.6 Å². The molecule has 1 unspecified atom stereocenters. The van der Waals surface area contributed by atoms with E-state index >= 15 is 0 Å². The van der Waals surface area contributed by atoms with Gasteiger partial charge >= 0.3 is 6.18 Å². The van der Waals surface area contributed by atoms with Gasteiger partial charge < -0.3 is 10.1 Å². The highest BCUT2D eigenvalue weighted by Gasteiger charge is 2.35. The van der Waals surface area contributed by atoms with Crippen molar-refractivity contribution < 1.29 is 22.7 Å². The van der Waals surface area contributed by atoms with Gasteiger partial charge in [-0.2, -0.15) is 13.2 Å². The largest absolute Gasteiger partial charge is 0.451 e. The first-order valence-electron chi connectivity index (χ1n) is 10.3. The number of ether oxygens (including phenoxy) is 1. The standard InChI is InChI=1S/C22H22F3N5O2/c23-22(24,25)21-28-12-15(13-29-21)19(30-8-3-10-32-11-9-30)14-27-20(31)17-4-1-6-18-16(17)5-2-7-26-18/h1-2,4-7,12-13,19H,3,8-11,14H2,(H,27,31). The van der Waals surface area contributed by atoms with Gasteiger partial charge in [-0.1, -0.05) is 12.1 Å². The lowest BCUT2D eigenvalue weighted by Gasteiger charge is -2.30. The zero-order valence-electron chi connectivity index (χ0n) is 17.2. The number of carbonyl (C=O) groups is 1. The summed E-state index contributed by atoms with van der Waals surface area (Å²) in [4.78, 5) is 26.3. The molecule has 4 rings (SSSR count). The van der Waals surface area contributed by atoms with Gasteiger partial charge in [0.05, 0.1) is 18.2 Å². The summed E-state index contributed by atoms with van der Waals surface area (Å²) in [6.45, 7) is 2.56. The Hall–Kier alpha value is -3.11. The van der Waals surface area contributed by atoms with E-state index in [1.807, 2.05) is 12.1 Å². The van der Waals surface area contributed by atoms with Crippen LogP contribution in [0.5, 0.6) is 0 Å². The summed E-state index contributed by atoms with van der Waals surface area (Å²) in [6, 6.07) is 8.50. The summed E-state index contributed by atoms with van der Waals surface area (Å²) >= 11 is 0. The van der Waals surface area contributed by atoms with Gasteiger partial charge in [0.25, 0.3) is 5.91 Å². The van der Waals surface area contributed by atoms with Crippen LogP contribution in [0.1, 0.15) is 34.2 Å². The Kier molecular flexibility index (Phi) is 6.61. The maximum Gasteiger partial charge on any atom is 0.451 e. The van der Waals surface area contributed by atoms with Crippen molar-refractivity contribution in [2.24, 2.45) is 0 Å². The van der Waals surface area contributed by atoms with Crippen molar-refractivity contribution in [3.8, 4) is 0 Å². The Balaban J connectivity index is 1.56. The Bertz CT molecular complexity index is 1060. The van der Waals surface area contributed by atoms with E-state index in [2.05, 4.69) is 25.2 Å². The van der Waals surface area contributed by atoms with Gasteiger partial charge in [-0.05, 0) is 24.6 Å². The molecule has 1 saturated heterocycles. The van der Waals surface area contributed by atoms with E-state index in [4.69, 9.17) is 4.74 Å². The number of amides is 1. The minimum absolute atomic E-state index is 0.185. The number of fused-ring (bicyclic) bond motifs is 1. The predicted molar refractivity (Wildman–Crippen MR) is 111 cm³/mol. The zero-order valence-corrected chi connectivity index (χ0v) is 17.2. The molecule has 32 heavy (non-hydrogen) atoms. The second kappa shape index (κ2) is 9.58. The van der Waals surface area contributed by atoms with E-state index in [1.54, 1.807) is 24.4 Å². The normalized spacial score (nSPS) is 16.5. The van der Waals surface area contributed by atoms with Crippen molar-refractivity contribution in [3.05, 3.63) is 65.9 Å². The second-order valence-corrected chi connectivity index (χ2v) is 7.44. The zero-order chi connectivity index (χ0) is 22.6. The molecule has 1 aliphatic heterocycles. The highest BCUT2D eigenvalue weighted by Crippen LogP contribution is 2.27. The Labute approximate surface area is 182 Å². The number of nitrogens with one attached hydrogen (secondary N) is 1. The fraction of sp³-hybridized carbons (Fsp3) is 0.364.